The summed E-state index contributed by atoms with van der Waals surface area (Å²) in [5.74, 6) is -1.58. The normalized spacial score (nSPS) is 35.7. The highest BCUT2D eigenvalue weighted by Crippen LogP contribution is 2.60. The molecule has 4 heteroatoms. The highest BCUT2D eigenvalue weighted by molar-refractivity contribution is 5.98. The van der Waals surface area contributed by atoms with Crippen molar-refractivity contribution in [3.63, 3.8) is 0 Å². The highest BCUT2D eigenvalue weighted by atomic mass is 16.4. The van der Waals surface area contributed by atoms with Crippen molar-refractivity contribution in [3.8, 4) is 0 Å². The molecule has 0 saturated heterocycles. The first-order valence-corrected chi connectivity index (χ1v) is 4.03. The fourth-order valence-electron chi connectivity index (χ4n) is 2.23. The van der Waals surface area contributed by atoms with Crippen molar-refractivity contribution >= 4 is 11.9 Å². The average molecular weight is 170 g/mol. The molecule has 0 amide bonds. The van der Waals surface area contributed by atoms with Gasteiger partial charge in [0.1, 0.15) is 0 Å². The highest BCUT2D eigenvalue weighted by Gasteiger charge is 2.61. The molecule has 0 spiro atoms. The van der Waals surface area contributed by atoms with Crippen LogP contribution in [-0.2, 0) is 9.59 Å². The fraction of sp³-hybridized carbons (Fsp3) is 0.750. The minimum atomic E-state index is -1.45. The molecular weight excluding hydrogens is 160 g/mol. The van der Waals surface area contributed by atoms with Gasteiger partial charge in [0.05, 0.1) is 0 Å². The van der Waals surface area contributed by atoms with Crippen molar-refractivity contribution in [3.05, 3.63) is 0 Å². The van der Waals surface area contributed by atoms with Gasteiger partial charge in [0, 0.05) is 0 Å². The SMILES string of the molecule is O=C(O)C1(C(=O)O)CC2CC2C1. The molecule has 12 heavy (non-hydrogen) atoms. The van der Waals surface area contributed by atoms with E-state index >= 15 is 0 Å². The topological polar surface area (TPSA) is 74.6 Å². The molecule has 0 aromatic rings. The van der Waals surface area contributed by atoms with E-state index in [1.165, 1.54) is 0 Å². The molecule has 0 aliphatic heterocycles. The third-order valence-corrected chi connectivity index (χ3v) is 3.11. The van der Waals surface area contributed by atoms with Crippen molar-refractivity contribution in [2.75, 3.05) is 0 Å². The number of carboxylic acid groups (broad SMARTS) is 2. The minimum Gasteiger partial charge on any atom is -0.480 e. The molecule has 2 rings (SSSR count). The maximum Gasteiger partial charge on any atom is 0.321 e. The zero-order valence-corrected chi connectivity index (χ0v) is 6.49. The van der Waals surface area contributed by atoms with E-state index in [0.29, 0.717) is 24.7 Å². The van der Waals surface area contributed by atoms with Crippen LogP contribution < -0.4 is 0 Å². The third kappa shape index (κ3) is 0.777. The molecule has 2 unspecified atom stereocenters. The Morgan fingerprint density at radius 1 is 1.08 bits per heavy atom. The van der Waals surface area contributed by atoms with E-state index in [4.69, 9.17) is 10.2 Å². The number of rotatable bonds is 2. The van der Waals surface area contributed by atoms with Crippen LogP contribution in [0.2, 0.25) is 0 Å². The van der Waals surface area contributed by atoms with Gasteiger partial charge in [-0.15, -0.1) is 0 Å². The molecular formula is C8H10O4. The van der Waals surface area contributed by atoms with Gasteiger partial charge in [0.25, 0.3) is 0 Å². The van der Waals surface area contributed by atoms with Gasteiger partial charge in [0.2, 0.25) is 0 Å². The van der Waals surface area contributed by atoms with Crippen molar-refractivity contribution in [1.82, 2.24) is 0 Å². The molecule has 4 nitrogen and oxygen atoms in total. The van der Waals surface area contributed by atoms with Crippen LogP contribution in [0.1, 0.15) is 19.3 Å². The van der Waals surface area contributed by atoms with Gasteiger partial charge >= 0.3 is 11.9 Å². The minimum absolute atomic E-state index is 0.336. The zero-order valence-electron chi connectivity index (χ0n) is 6.49. The summed E-state index contributed by atoms with van der Waals surface area (Å²) in [5, 5.41) is 17.6. The summed E-state index contributed by atoms with van der Waals surface area (Å²) in [5.41, 5.74) is -1.45. The lowest BCUT2D eigenvalue weighted by molar-refractivity contribution is -0.165. The largest absolute Gasteiger partial charge is 0.480 e. The van der Waals surface area contributed by atoms with E-state index in [1.807, 2.05) is 0 Å². The molecule has 66 valence electrons. The molecule has 0 heterocycles. The molecule has 0 aromatic heterocycles. The third-order valence-electron chi connectivity index (χ3n) is 3.11. The first-order valence-electron chi connectivity index (χ1n) is 4.03. The quantitative estimate of drug-likeness (QED) is 0.594. The molecule has 2 aliphatic rings. The van der Waals surface area contributed by atoms with Gasteiger partial charge in [-0.2, -0.15) is 0 Å². The summed E-state index contributed by atoms with van der Waals surface area (Å²) in [6.45, 7) is 0. The Bertz CT molecular complexity index is 232. The van der Waals surface area contributed by atoms with E-state index in [1.54, 1.807) is 0 Å². The lowest BCUT2D eigenvalue weighted by Gasteiger charge is -2.19. The second-order valence-corrected chi connectivity index (χ2v) is 3.86. The zero-order chi connectivity index (χ0) is 8.93. The lowest BCUT2D eigenvalue weighted by atomic mass is 9.83. The predicted octanol–water partition coefficient (Wildman–Crippen LogP) is 0.572. The molecule has 2 saturated carbocycles. The molecule has 2 N–H and O–H groups in total. The Morgan fingerprint density at radius 2 is 1.50 bits per heavy atom. The van der Waals surface area contributed by atoms with Crippen LogP contribution in [0.5, 0.6) is 0 Å². The second-order valence-electron chi connectivity index (χ2n) is 3.86. The Balaban J connectivity index is 2.24. The molecule has 0 aromatic carbocycles. The fourth-order valence-corrected chi connectivity index (χ4v) is 2.23. The summed E-state index contributed by atoms with van der Waals surface area (Å²) in [6, 6.07) is 0. The summed E-state index contributed by atoms with van der Waals surface area (Å²) in [6.07, 6.45) is 1.70. The van der Waals surface area contributed by atoms with Crippen LogP contribution in [0.25, 0.3) is 0 Å². The lowest BCUT2D eigenvalue weighted by Crippen LogP contribution is -2.37. The Hall–Kier alpha value is -1.06. The smallest absolute Gasteiger partial charge is 0.321 e. The average Bonchev–Trinajstić information content (AvgIpc) is 2.58. The van der Waals surface area contributed by atoms with E-state index in [2.05, 4.69) is 0 Å². The van der Waals surface area contributed by atoms with Crippen LogP contribution in [0.15, 0.2) is 0 Å². The van der Waals surface area contributed by atoms with Gasteiger partial charge < -0.3 is 10.2 Å². The molecule has 0 bridgehead atoms. The van der Waals surface area contributed by atoms with Crippen molar-refractivity contribution in [1.29, 1.82) is 0 Å². The number of hydrogen-bond donors (Lipinski definition) is 2. The van der Waals surface area contributed by atoms with Crippen LogP contribution in [0.3, 0.4) is 0 Å². The van der Waals surface area contributed by atoms with E-state index in [9.17, 15) is 9.59 Å². The van der Waals surface area contributed by atoms with E-state index in [-0.39, 0.29) is 0 Å². The monoisotopic (exact) mass is 170 g/mol. The van der Waals surface area contributed by atoms with Gasteiger partial charge in [-0.25, -0.2) is 0 Å². The van der Waals surface area contributed by atoms with Gasteiger partial charge in [-0.1, -0.05) is 0 Å². The van der Waals surface area contributed by atoms with Crippen LogP contribution in [0.4, 0.5) is 0 Å². The molecule has 2 aliphatic carbocycles. The van der Waals surface area contributed by atoms with Gasteiger partial charge in [-0.05, 0) is 31.1 Å². The van der Waals surface area contributed by atoms with Gasteiger partial charge in [-0.3, -0.25) is 9.59 Å². The van der Waals surface area contributed by atoms with Crippen molar-refractivity contribution < 1.29 is 19.8 Å². The van der Waals surface area contributed by atoms with E-state index in [0.717, 1.165) is 6.42 Å². The van der Waals surface area contributed by atoms with Crippen LogP contribution in [-0.4, -0.2) is 22.2 Å². The van der Waals surface area contributed by atoms with Crippen LogP contribution >= 0.6 is 0 Å². The predicted molar refractivity (Wildman–Crippen MR) is 38.5 cm³/mol. The number of fused-ring (bicyclic) bond motifs is 1. The van der Waals surface area contributed by atoms with Crippen LogP contribution in [0, 0.1) is 17.3 Å². The molecule has 0 radical (unpaired) electrons. The first kappa shape index (κ1) is 7.58. The van der Waals surface area contributed by atoms with Crippen molar-refractivity contribution in [2.45, 2.75) is 19.3 Å². The second kappa shape index (κ2) is 2.00. The Kier molecular flexibility index (Phi) is 1.26. The molecule has 2 fully saturated rings. The Labute approximate surface area is 69.2 Å². The molecule has 2 atom stereocenters. The maximum absolute atomic E-state index is 10.8. The summed E-state index contributed by atoms with van der Waals surface area (Å²) >= 11 is 0. The summed E-state index contributed by atoms with van der Waals surface area (Å²) < 4.78 is 0. The Morgan fingerprint density at radius 3 is 1.75 bits per heavy atom. The standard InChI is InChI=1S/C8H10O4/c9-6(10)8(7(11)12)2-4-1-5(4)3-8/h4-5H,1-3H2,(H,9,10)(H,11,12). The summed E-state index contributed by atoms with van der Waals surface area (Å²) in [4.78, 5) is 21.5. The number of carbonyl (C=O) groups is 2. The first-order chi connectivity index (χ1) is 5.56. The number of hydrogen-bond acceptors (Lipinski definition) is 2. The number of carboxylic acids is 2. The van der Waals surface area contributed by atoms with Gasteiger partial charge in [0.15, 0.2) is 5.41 Å². The number of aliphatic carboxylic acids is 2. The van der Waals surface area contributed by atoms with Crippen molar-refractivity contribution in [2.24, 2.45) is 17.3 Å². The van der Waals surface area contributed by atoms with E-state index < -0.39 is 17.4 Å². The summed E-state index contributed by atoms with van der Waals surface area (Å²) in [7, 11) is 0. The maximum atomic E-state index is 10.8.